The molecule has 0 spiro atoms. The molecule has 3 heterocycles. The second-order valence-electron chi connectivity index (χ2n) is 6.63. The largest absolute Gasteiger partial charge is 0.508 e. The maximum atomic E-state index is 12.6. The van der Waals surface area contributed by atoms with Gasteiger partial charge in [0.2, 0.25) is 5.95 Å². The average molecular weight is 373 g/mol. The molecule has 2 aromatic heterocycles. The Hall–Kier alpha value is -4.01. The fourth-order valence-corrected chi connectivity index (χ4v) is 3.47. The lowest BCUT2D eigenvalue weighted by Crippen LogP contribution is -2.29. The zero-order valence-corrected chi connectivity index (χ0v) is 14.8. The molecular weight excluding hydrogens is 358 g/mol. The summed E-state index contributed by atoms with van der Waals surface area (Å²) < 4.78 is 1.58. The standard InChI is InChI=1S/C19H15N7O2/c1-10-5-7-11(8-6-10)15-14-16(18(28)22-21-15)20-19-23-24-25-26(19)17(14)12-3-2-4-13(27)9-12/h2-9,17,27H,1H3,(H,22,28)(H,20,23,25)/t17-/m0/s1. The van der Waals surface area contributed by atoms with Crippen LogP contribution >= 0.6 is 0 Å². The molecule has 0 aliphatic carbocycles. The number of hydrogen-bond donors (Lipinski definition) is 3. The van der Waals surface area contributed by atoms with Crippen LogP contribution in [0.5, 0.6) is 5.75 Å². The molecule has 0 amide bonds. The van der Waals surface area contributed by atoms with Crippen LogP contribution in [0.4, 0.5) is 11.6 Å². The number of aromatic nitrogens is 6. The lowest BCUT2D eigenvalue weighted by atomic mass is 9.92. The van der Waals surface area contributed by atoms with Gasteiger partial charge in [-0.15, -0.1) is 0 Å². The van der Waals surface area contributed by atoms with Crippen LogP contribution < -0.4 is 10.9 Å². The van der Waals surface area contributed by atoms with Crippen molar-refractivity contribution < 1.29 is 5.11 Å². The SMILES string of the molecule is Cc1ccc(-c2n[nH]c(=O)c3c2[C@H](c2cccc(O)c2)n2nnnc2N3)cc1. The van der Waals surface area contributed by atoms with Gasteiger partial charge >= 0.3 is 0 Å². The maximum absolute atomic E-state index is 12.6. The van der Waals surface area contributed by atoms with Crippen molar-refractivity contribution in [2.75, 3.05) is 5.32 Å². The van der Waals surface area contributed by atoms with Gasteiger partial charge in [-0.2, -0.15) is 9.78 Å². The van der Waals surface area contributed by atoms with Crippen molar-refractivity contribution in [3.63, 3.8) is 0 Å². The minimum absolute atomic E-state index is 0.113. The second kappa shape index (κ2) is 6.02. The Kier molecular flexibility index (Phi) is 3.48. The third-order valence-corrected chi connectivity index (χ3v) is 4.78. The number of phenolic OH excluding ortho intramolecular Hbond substituents is 1. The van der Waals surface area contributed by atoms with E-state index in [-0.39, 0.29) is 11.3 Å². The molecule has 2 aromatic carbocycles. The third kappa shape index (κ3) is 2.44. The maximum Gasteiger partial charge on any atom is 0.288 e. The highest BCUT2D eigenvalue weighted by Gasteiger charge is 2.34. The van der Waals surface area contributed by atoms with E-state index < -0.39 is 6.04 Å². The summed E-state index contributed by atoms with van der Waals surface area (Å²) >= 11 is 0. The Morgan fingerprint density at radius 3 is 2.75 bits per heavy atom. The van der Waals surface area contributed by atoms with Gasteiger partial charge in [0, 0.05) is 11.1 Å². The van der Waals surface area contributed by atoms with Gasteiger partial charge in [0.15, 0.2) is 0 Å². The molecule has 3 N–H and O–H groups in total. The van der Waals surface area contributed by atoms with E-state index in [9.17, 15) is 9.90 Å². The number of nitrogens with one attached hydrogen (secondary N) is 2. The van der Waals surface area contributed by atoms with Crippen molar-refractivity contribution in [3.05, 3.63) is 75.6 Å². The summed E-state index contributed by atoms with van der Waals surface area (Å²) in [5.41, 5.74) is 3.91. The summed E-state index contributed by atoms with van der Waals surface area (Å²) in [6.45, 7) is 2.00. The van der Waals surface area contributed by atoms with Crippen molar-refractivity contribution in [2.24, 2.45) is 0 Å². The van der Waals surface area contributed by atoms with Gasteiger partial charge in [0.25, 0.3) is 5.56 Å². The van der Waals surface area contributed by atoms with E-state index in [1.54, 1.807) is 22.9 Å². The number of anilines is 2. The van der Waals surface area contributed by atoms with Crippen LogP contribution in [0.3, 0.4) is 0 Å². The third-order valence-electron chi connectivity index (χ3n) is 4.78. The van der Waals surface area contributed by atoms with Gasteiger partial charge in [-0.1, -0.05) is 47.1 Å². The van der Waals surface area contributed by atoms with Crippen LogP contribution in [0.2, 0.25) is 0 Å². The average Bonchev–Trinajstić information content (AvgIpc) is 3.16. The fraction of sp³-hybridized carbons (Fsp3) is 0.105. The van der Waals surface area contributed by atoms with Crippen molar-refractivity contribution in [1.82, 2.24) is 30.4 Å². The van der Waals surface area contributed by atoms with E-state index >= 15 is 0 Å². The van der Waals surface area contributed by atoms with Crippen molar-refractivity contribution >= 4 is 11.6 Å². The minimum Gasteiger partial charge on any atom is -0.508 e. The number of tetrazole rings is 1. The number of benzene rings is 2. The number of phenols is 1. The van der Waals surface area contributed by atoms with E-state index in [0.717, 1.165) is 16.7 Å². The molecule has 0 unspecified atom stereocenters. The number of fused-ring (bicyclic) bond motifs is 2. The Morgan fingerprint density at radius 1 is 1.14 bits per heavy atom. The van der Waals surface area contributed by atoms with Gasteiger partial charge in [0.1, 0.15) is 17.5 Å². The van der Waals surface area contributed by atoms with Gasteiger partial charge in [-0.05, 0) is 35.0 Å². The number of nitrogens with zero attached hydrogens (tertiary/aromatic N) is 5. The van der Waals surface area contributed by atoms with Crippen molar-refractivity contribution in [2.45, 2.75) is 13.0 Å². The van der Waals surface area contributed by atoms with Crippen LogP contribution in [-0.2, 0) is 0 Å². The monoisotopic (exact) mass is 373 g/mol. The fourth-order valence-electron chi connectivity index (χ4n) is 3.47. The molecule has 0 saturated heterocycles. The van der Waals surface area contributed by atoms with Gasteiger partial charge in [-0.25, -0.2) is 5.10 Å². The normalized spacial score (nSPS) is 14.8. The molecule has 28 heavy (non-hydrogen) atoms. The first-order valence-electron chi connectivity index (χ1n) is 8.65. The van der Waals surface area contributed by atoms with E-state index in [4.69, 9.17) is 0 Å². The minimum atomic E-state index is -0.528. The summed E-state index contributed by atoms with van der Waals surface area (Å²) in [6, 6.07) is 14.1. The smallest absolute Gasteiger partial charge is 0.288 e. The molecule has 4 aromatic rings. The number of aromatic hydroxyl groups is 1. The summed E-state index contributed by atoms with van der Waals surface area (Å²) in [6.07, 6.45) is 0. The molecule has 0 saturated carbocycles. The molecule has 1 atom stereocenters. The number of aryl methyl sites for hydroxylation is 1. The highest BCUT2D eigenvalue weighted by molar-refractivity contribution is 5.75. The molecular formula is C19H15N7O2. The topological polar surface area (TPSA) is 122 Å². The predicted octanol–water partition coefficient (Wildman–Crippen LogP) is 2.13. The first-order chi connectivity index (χ1) is 13.6. The Bertz CT molecular complexity index is 1240. The first-order valence-corrected chi connectivity index (χ1v) is 8.65. The number of H-pyrrole nitrogens is 1. The number of rotatable bonds is 2. The first kappa shape index (κ1) is 16.2. The molecule has 9 heteroatoms. The van der Waals surface area contributed by atoms with Crippen LogP contribution in [0.25, 0.3) is 11.3 Å². The second-order valence-corrected chi connectivity index (χ2v) is 6.63. The Labute approximate surface area is 158 Å². The van der Waals surface area contributed by atoms with E-state index in [1.807, 2.05) is 37.3 Å². The Balaban J connectivity index is 1.82. The van der Waals surface area contributed by atoms with Crippen LogP contribution in [0.15, 0.2) is 53.3 Å². The quantitative estimate of drug-likeness (QED) is 0.433. The molecule has 1 aliphatic rings. The summed E-state index contributed by atoms with van der Waals surface area (Å²) in [5.74, 6) is 0.453. The van der Waals surface area contributed by atoms with Gasteiger partial charge in [0.05, 0.1) is 5.69 Å². The molecule has 9 nitrogen and oxygen atoms in total. The number of aromatic amines is 1. The molecule has 5 rings (SSSR count). The molecule has 0 radical (unpaired) electrons. The van der Waals surface area contributed by atoms with Crippen LogP contribution in [-0.4, -0.2) is 35.5 Å². The van der Waals surface area contributed by atoms with Gasteiger partial charge in [-0.3, -0.25) is 4.79 Å². The summed E-state index contributed by atoms with van der Waals surface area (Å²) in [5, 5.41) is 31.7. The van der Waals surface area contributed by atoms with Crippen molar-refractivity contribution in [1.29, 1.82) is 0 Å². The van der Waals surface area contributed by atoms with E-state index in [2.05, 4.69) is 31.0 Å². The van der Waals surface area contributed by atoms with Crippen LogP contribution in [0, 0.1) is 6.92 Å². The lowest BCUT2D eigenvalue weighted by molar-refractivity contribution is 0.472. The molecule has 0 fully saturated rings. The van der Waals surface area contributed by atoms with Crippen LogP contribution in [0.1, 0.15) is 22.7 Å². The lowest BCUT2D eigenvalue weighted by Gasteiger charge is -2.27. The summed E-state index contributed by atoms with van der Waals surface area (Å²) in [4.78, 5) is 12.6. The summed E-state index contributed by atoms with van der Waals surface area (Å²) in [7, 11) is 0. The van der Waals surface area contributed by atoms with Gasteiger partial charge < -0.3 is 10.4 Å². The zero-order chi connectivity index (χ0) is 19.3. The van der Waals surface area contributed by atoms with E-state index in [1.165, 1.54) is 0 Å². The zero-order valence-electron chi connectivity index (χ0n) is 14.8. The molecule has 1 aliphatic heterocycles. The highest BCUT2D eigenvalue weighted by atomic mass is 16.3. The van der Waals surface area contributed by atoms with Crippen molar-refractivity contribution in [3.8, 4) is 17.0 Å². The number of hydrogen-bond acceptors (Lipinski definition) is 7. The highest BCUT2D eigenvalue weighted by Crippen LogP contribution is 2.41. The Morgan fingerprint density at radius 2 is 1.96 bits per heavy atom. The molecule has 138 valence electrons. The molecule has 0 bridgehead atoms. The predicted molar refractivity (Wildman–Crippen MR) is 101 cm³/mol. The van der Waals surface area contributed by atoms with E-state index in [0.29, 0.717) is 22.9 Å².